The van der Waals surface area contributed by atoms with Gasteiger partial charge < -0.3 is 4.90 Å². The molecule has 6 nitrogen and oxygen atoms in total. The van der Waals surface area contributed by atoms with Crippen molar-refractivity contribution >= 4 is 29.3 Å². The van der Waals surface area contributed by atoms with Crippen molar-refractivity contribution in [1.82, 2.24) is 9.80 Å². The third-order valence-electron chi connectivity index (χ3n) is 3.81. The smallest absolute Gasteiger partial charge is 0.288 e. The molecule has 0 aliphatic carbocycles. The van der Waals surface area contributed by atoms with Crippen LogP contribution in [0, 0.1) is 10.1 Å². The van der Waals surface area contributed by atoms with Gasteiger partial charge >= 0.3 is 0 Å². The van der Waals surface area contributed by atoms with Gasteiger partial charge in [0.1, 0.15) is 5.02 Å². The molecule has 1 amide bonds. The average Bonchev–Trinajstić information content (AvgIpc) is 2.54. The van der Waals surface area contributed by atoms with Crippen molar-refractivity contribution in [1.29, 1.82) is 0 Å². The Bertz CT molecular complexity index is 611. The Morgan fingerprint density at radius 3 is 2.65 bits per heavy atom. The molecule has 1 fully saturated rings. The number of hydrogen-bond donors (Lipinski definition) is 0. The first kappa shape index (κ1) is 17.4. The minimum Gasteiger partial charge on any atom is -0.337 e. The largest absolute Gasteiger partial charge is 0.337 e. The number of nitro benzene ring substituents is 1. The predicted molar refractivity (Wildman–Crippen MR) is 90.5 cm³/mol. The molecule has 0 radical (unpaired) electrons. The van der Waals surface area contributed by atoms with Gasteiger partial charge in [-0.05, 0) is 30.7 Å². The number of benzene rings is 1. The van der Waals surface area contributed by atoms with Gasteiger partial charge in [-0.3, -0.25) is 19.8 Å². The van der Waals surface area contributed by atoms with E-state index in [4.69, 9.17) is 11.6 Å². The summed E-state index contributed by atoms with van der Waals surface area (Å²) in [4.78, 5) is 26.7. The Kier molecular flexibility index (Phi) is 6.12. The number of nitro groups is 1. The normalized spacial score (nSPS) is 16.0. The first-order chi connectivity index (χ1) is 11.0. The molecule has 0 N–H and O–H groups in total. The molecule has 1 aromatic carbocycles. The maximum absolute atomic E-state index is 12.2. The molecule has 0 spiro atoms. The summed E-state index contributed by atoms with van der Waals surface area (Å²) in [6.07, 6.45) is 4.16. The number of piperazine rings is 1. The standard InChI is InChI=1S/C16H20ClN3O3/c1-2-7-18-8-10-19(11-9-18)16(21)6-4-13-3-5-14(17)15(12-13)20(22)23/h3-6,12H,2,7-11H2,1H3/b6-4+. The molecule has 0 aromatic heterocycles. The lowest BCUT2D eigenvalue weighted by Crippen LogP contribution is -2.48. The van der Waals surface area contributed by atoms with Gasteiger partial charge in [-0.25, -0.2) is 0 Å². The van der Waals surface area contributed by atoms with E-state index in [-0.39, 0.29) is 16.6 Å². The third-order valence-corrected chi connectivity index (χ3v) is 4.13. The van der Waals surface area contributed by atoms with E-state index in [0.717, 1.165) is 26.1 Å². The zero-order valence-electron chi connectivity index (χ0n) is 13.1. The van der Waals surface area contributed by atoms with E-state index < -0.39 is 4.92 Å². The highest BCUT2D eigenvalue weighted by atomic mass is 35.5. The van der Waals surface area contributed by atoms with Crippen molar-refractivity contribution in [2.75, 3.05) is 32.7 Å². The lowest BCUT2D eigenvalue weighted by molar-refractivity contribution is -0.384. The summed E-state index contributed by atoms with van der Waals surface area (Å²) < 4.78 is 0. The fraction of sp³-hybridized carbons (Fsp3) is 0.438. The van der Waals surface area contributed by atoms with Gasteiger partial charge in [0.05, 0.1) is 4.92 Å². The second-order valence-corrected chi connectivity index (χ2v) is 5.88. The quantitative estimate of drug-likeness (QED) is 0.471. The Morgan fingerprint density at radius 1 is 1.35 bits per heavy atom. The van der Waals surface area contributed by atoms with E-state index in [9.17, 15) is 14.9 Å². The zero-order chi connectivity index (χ0) is 16.8. The van der Waals surface area contributed by atoms with Crippen LogP contribution in [0.4, 0.5) is 5.69 Å². The average molecular weight is 338 g/mol. The van der Waals surface area contributed by atoms with Crippen LogP contribution in [0.1, 0.15) is 18.9 Å². The molecule has 1 aromatic rings. The Balaban J connectivity index is 1.97. The number of halogens is 1. The van der Waals surface area contributed by atoms with E-state index in [2.05, 4.69) is 11.8 Å². The maximum Gasteiger partial charge on any atom is 0.288 e. The highest BCUT2D eigenvalue weighted by Crippen LogP contribution is 2.25. The molecular weight excluding hydrogens is 318 g/mol. The Morgan fingerprint density at radius 2 is 2.04 bits per heavy atom. The third kappa shape index (κ3) is 4.77. The molecule has 0 atom stereocenters. The van der Waals surface area contributed by atoms with Gasteiger partial charge in [0.2, 0.25) is 5.91 Å². The minimum atomic E-state index is -0.533. The first-order valence-corrected chi connectivity index (χ1v) is 8.02. The number of rotatable bonds is 5. The molecule has 1 saturated heterocycles. The lowest BCUT2D eigenvalue weighted by Gasteiger charge is -2.34. The van der Waals surface area contributed by atoms with Crippen LogP contribution in [0.2, 0.25) is 5.02 Å². The van der Waals surface area contributed by atoms with Gasteiger partial charge in [-0.1, -0.05) is 24.6 Å². The van der Waals surface area contributed by atoms with Crippen LogP contribution < -0.4 is 0 Å². The van der Waals surface area contributed by atoms with Gasteiger partial charge in [-0.2, -0.15) is 0 Å². The molecule has 0 saturated carbocycles. The van der Waals surface area contributed by atoms with E-state index in [1.165, 1.54) is 18.2 Å². The maximum atomic E-state index is 12.2. The summed E-state index contributed by atoms with van der Waals surface area (Å²) in [5.74, 6) is -0.0706. The van der Waals surface area contributed by atoms with Crippen LogP contribution in [0.3, 0.4) is 0 Å². The van der Waals surface area contributed by atoms with Crippen LogP contribution in [0.5, 0.6) is 0 Å². The molecule has 1 aliphatic heterocycles. The molecule has 2 rings (SSSR count). The monoisotopic (exact) mass is 337 g/mol. The molecule has 23 heavy (non-hydrogen) atoms. The fourth-order valence-electron chi connectivity index (χ4n) is 2.55. The summed E-state index contributed by atoms with van der Waals surface area (Å²) in [5, 5.41) is 10.9. The van der Waals surface area contributed by atoms with Gasteiger partial charge in [0, 0.05) is 38.3 Å². The SMILES string of the molecule is CCCN1CCN(C(=O)/C=C/c2ccc(Cl)c([N+](=O)[O-])c2)CC1. The molecule has 1 aliphatic rings. The van der Waals surface area contributed by atoms with Gasteiger partial charge in [0.15, 0.2) is 0 Å². The van der Waals surface area contributed by atoms with Gasteiger partial charge in [-0.15, -0.1) is 0 Å². The molecule has 0 bridgehead atoms. The first-order valence-electron chi connectivity index (χ1n) is 7.64. The second kappa shape index (κ2) is 8.08. The number of amides is 1. The Labute approximate surface area is 140 Å². The van der Waals surface area contributed by atoms with E-state index in [0.29, 0.717) is 18.7 Å². The van der Waals surface area contributed by atoms with Crippen molar-refractivity contribution in [3.05, 3.63) is 45.0 Å². The highest BCUT2D eigenvalue weighted by Gasteiger charge is 2.19. The van der Waals surface area contributed by atoms with Crippen LogP contribution in [0.25, 0.3) is 6.08 Å². The van der Waals surface area contributed by atoms with Crippen molar-refractivity contribution in [2.24, 2.45) is 0 Å². The number of carbonyl (C=O) groups excluding carboxylic acids is 1. The topological polar surface area (TPSA) is 66.7 Å². The van der Waals surface area contributed by atoms with Gasteiger partial charge in [0.25, 0.3) is 5.69 Å². The minimum absolute atomic E-state index is 0.0706. The van der Waals surface area contributed by atoms with Crippen molar-refractivity contribution < 1.29 is 9.72 Å². The van der Waals surface area contributed by atoms with E-state index >= 15 is 0 Å². The second-order valence-electron chi connectivity index (χ2n) is 5.47. The van der Waals surface area contributed by atoms with E-state index in [1.807, 2.05) is 0 Å². The Hall–Kier alpha value is -1.92. The zero-order valence-corrected chi connectivity index (χ0v) is 13.8. The van der Waals surface area contributed by atoms with Crippen LogP contribution in [-0.4, -0.2) is 53.4 Å². The summed E-state index contributed by atoms with van der Waals surface area (Å²) in [6.45, 7) is 6.41. The summed E-state index contributed by atoms with van der Waals surface area (Å²) in [5.41, 5.74) is 0.425. The van der Waals surface area contributed by atoms with Crippen LogP contribution >= 0.6 is 11.6 Å². The molecule has 7 heteroatoms. The summed E-state index contributed by atoms with van der Waals surface area (Å²) in [6, 6.07) is 4.48. The fourth-order valence-corrected chi connectivity index (χ4v) is 2.74. The summed E-state index contributed by atoms with van der Waals surface area (Å²) >= 11 is 5.77. The van der Waals surface area contributed by atoms with E-state index in [1.54, 1.807) is 17.0 Å². The molecular formula is C16H20ClN3O3. The molecule has 1 heterocycles. The predicted octanol–water partition coefficient (Wildman–Crippen LogP) is 2.82. The van der Waals surface area contributed by atoms with Crippen molar-refractivity contribution in [2.45, 2.75) is 13.3 Å². The van der Waals surface area contributed by atoms with Crippen molar-refractivity contribution in [3.63, 3.8) is 0 Å². The van der Waals surface area contributed by atoms with Crippen molar-refractivity contribution in [3.8, 4) is 0 Å². The van der Waals surface area contributed by atoms with Crippen LogP contribution in [0.15, 0.2) is 24.3 Å². The number of hydrogen-bond acceptors (Lipinski definition) is 4. The lowest BCUT2D eigenvalue weighted by atomic mass is 10.2. The van der Waals surface area contributed by atoms with Crippen LogP contribution in [-0.2, 0) is 4.79 Å². The summed E-state index contributed by atoms with van der Waals surface area (Å²) in [7, 11) is 0. The number of carbonyl (C=O) groups is 1. The molecule has 0 unspecified atom stereocenters. The highest BCUT2D eigenvalue weighted by molar-refractivity contribution is 6.32. The molecule has 124 valence electrons. The number of nitrogens with zero attached hydrogens (tertiary/aromatic N) is 3.